The Bertz CT molecular complexity index is 906. The minimum Gasteiger partial charge on any atom is -0.350 e. The number of rotatable bonds is 5. The third-order valence-electron chi connectivity index (χ3n) is 3.37. The summed E-state index contributed by atoms with van der Waals surface area (Å²) < 4.78 is 14.8. The summed E-state index contributed by atoms with van der Waals surface area (Å²) in [6.45, 7) is 0.381. The molecule has 1 N–H and O–H groups in total. The maximum atomic E-state index is 13.5. The molecule has 0 radical (unpaired) electrons. The van der Waals surface area contributed by atoms with Crippen molar-refractivity contribution in [3.63, 3.8) is 0 Å². The molecule has 1 aromatic carbocycles. The molecule has 2 heterocycles. The summed E-state index contributed by atoms with van der Waals surface area (Å²) in [6.07, 6.45) is 0. The van der Waals surface area contributed by atoms with Crippen molar-refractivity contribution in [1.29, 1.82) is 0 Å². The van der Waals surface area contributed by atoms with Crippen molar-refractivity contribution >= 4 is 17.2 Å². The number of nitrogens with zero attached hydrogens (tertiary/aromatic N) is 2. The van der Waals surface area contributed by atoms with Crippen LogP contribution in [-0.4, -0.2) is 22.2 Å². The van der Waals surface area contributed by atoms with Crippen LogP contribution >= 0.6 is 11.3 Å². The Hall–Kier alpha value is -2.80. The standard InChI is InChI=1S/C17H14FN3O2S/c18-13-5-2-1-4-12(13)17(23)19-9-10-21-16(22)8-7-14(20-21)15-6-3-11-24-15/h1-8,11H,9-10H2,(H,19,23). The lowest BCUT2D eigenvalue weighted by atomic mass is 10.2. The predicted octanol–water partition coefficient (Wildman–Crippen LogP) is 2.54. The lowest BCUT2D eigenvalue weighted by Gasteiger charge is -2.08. The number of amides is 1. The summed E-state index contributed by atoms with van der Waals surface area (Å²) >= 11 is 1.53. The van der Waals surface area contributed by atoms with E-state index in [1.165, 1.54) is 40.3 Å². The molecule has 3 aromatic rings. The van der Waals surface area contributed by atoms with Gasteiger partial charge in [-0.25, -0.2) is 9.07 Å². The van der Waals surface area contributed by atoms with Gasteiger partial charge in [-0.05, 0) is 29.6 Å². The summed E-state index contributed by atoms with van der Waals surface area (Å²) in [7, 11) is 0. The molecule has 0 aliphatic heterocycles. The molecule has 0 spiro atoms. The zero-order valence-electron chi connectivity index (χ0n) is 12.6. The summed E-state index contributed by atoms with van der Waals surface area (Å²) in [4.78, 5) is 24.8. The van der Waals surface area contributed by atoms with Crippen LogP contribution in [0.2, 0.25) is 0 Å². The van der Waals surface area contributed by atoms with Gasteiger partial charge in [-0.1, -0.05) is 18.2 Å². The first-order chi connectivity index (χ1) is 11.6. The second-order valence-corrected chi connectivity index (χ2v) is 5.94. The average molecular weight is 343 g/mol. The van der Waals surface area contributed by atoms with E-state index in [4.69, 9.17) is 0 Å². The number of thiophene rings is 1. The molecule has 3 rings (SSSR count). The first kappa shape index (κ1) is 16.1. The van der Waals surface area contributed by atoms with Crippen molar-refractivity contribution in [2.75, 3.05) is 6.54 Å². The van der Waals surface area contributed by atoms with Gasteiger partial charge in [0.15, 0.2) is 0 Å². The van der Waals surface area contributed by atoms with Crippen molar-refractivity contribution < 1.29 is 9.18 Å². The van der Waals surface area contributed by atoms with Crippen molar-refractivity contribution in [1.82, 2.24) is 15.1 Å². The summed E-state index contributed by atoms with van der Waals surface area (Å²) in [5, 5.41) is 8.82. The lowest BCUT2D eigenvalue weighted by molar-refractivity contribution is 0.0947. The van der Waals surface area contributed by atoms with E-state index in [-0.39, 0.29) is 24.2 Å². The van der Waals surface area contributed by atoms with E-state index in [0.717, 1.165) is 4.88 Å². The maximum absolute atomic E-state index is 13.5. The number of hydrogen-bond donors (Lipinski definition) is 1. The van der Waals surface area contributed by atoms with Gasteiger partial charge in [0.25, 0.3) is 11.5 Å². The molecule has 0 aliphatic carbocycles. The molecule has 5 nitrogen and oxygen atoms in total. The first-order valence-electron chi connectivity index (χ1n) is 7.30. The molecular formula is C17H14FN3O2S. The largest absolute Gasteiger partial charge is 0.350 e. The zero-order valence-corrected chi connectivity index (χ0v) is 13.4. The first-order valence-corrected chi connectivity index (χ1v) is 8.18. The highest BCUT2D eigenvalue weighted by atomic mass is 32.1. The number of carbonyl (C=O) groups is 1. The predicted molar refractivity (Wildman–Crippen MR) is 90.5 cm³/mol. The Labute approximate surface area is 141 Å². The Morgan fingerprint density at radius 1 is 1.17 bits per heavy atom. The fourth-order valence-corrected chi connectivity index (χ4v) is 2.87. The lowest BCUT2D eigenvalue weighted by Crippen LogP contribution is -2.32. The molecule has 0 fully saturated rings. The fourth-order valence-electron chi connectivity index (χ4n) is 2.18. The van der Waals surface area contributed by atoms with Gasteiger partial charge in [-0.3, -0.25) is 9.59 Å². The molecule has 122 valence electrons. The van der Waals surface area contributed by atoms with Crippen LogP contribution in [0.3, 0.4) is 0 Å². The number of nitrogens with one attached hydrogen (secondary N) is 1. The Morgan fingerprint density at radius 3 is 2.75 bits per heavy atom. The van der Waals surface area contributed by atoms with Crippen molar-refractivity contribution in [3.05, 3.63) is 75.6 Å². The van der Waals surface area contributed by atoms with Gasteiger partial charge in [0.2, 0.25) is 0 Å². The van der Waals surface area contributed by atoms with Crippen molar-refractivity contribution in [2.45, 2.75) is 6.54 Å². The van der Waals surface area contributed by atoms with E-state index in [9.17, 15) is 14.0 Å². The van der Waals surface area contributed by atoms with Crippen molar-refractivity contribution in [3.8, 4) is 10.6 Å². The number of aromatic nitrogens is 2. The average Bonchev–Trinajstić information content (AvgIpc) is 3.11. The van der Waals surface area contributed by atoms with Crippen LogP contribution in [-0.2, 0) is 6.54 Å². The Kier molecular flexibility index (Phi) is 4.81. The molecule has 24 heavy (non-hydrogen) atoms. The van der Waals surface area contributed by atoms with Gasteiger partial charge >= 0.3 is 0 Å². The van der Waals surface area contributed by atoms with Crippen LogP contribution in [0.1, 0.15) is 10.4 Å². The normalized spacial score (nSPS) is 10.5. The monoisotopic (exact) mass is 343 g/mol. The van der Waals surface area contributed by atoms with Crippen LogP contribution < -0.4 is 10.9 Å². The smallest absolute Gasteiger partial charge is 0.266 e. The summed E-state index contributed by atoms with van der Waals surface area (Å²) in [5.74, 6) is -1.10. The zero-order chi connectivity index (χ0) is 16.9. The molecule has 1 amide bonds. The quantitative estimate of drug-likeness (QED) is 0.774. The minimum absolute atomic E-state index is 0.0230. The maximum Gasteiger partial charge on any atom is 0.266 e. The molecule has 0 saturated carbocycles. The minimum atomic E-state index is -0.579. The van der Waals surface area contributed by atoms with Crippen LogP contribution in [0, 0.1) is 5.82 Å². The molecule has 0 atom stereocenters. The van der Waals surface area contributed by atoms with E-state index in [1.807, 2.05) is 17.5 Å². The van der Waals surface area contributed by atoms with Gasteiger partial charge in [0.05, 0.1) is 17.0 Å². The third-order valence-corrected chi connectivity index (χ3v) is 4.26. The number of hydrogen-bond acceptors (Lipinski definition) is 4. The molecule has 2 aromatic heterocycles. The molecule has 0 aliphatic rings. The van der Waals surface area contributed by atoms with Gasteiger partial charge in [0, 0.05) is 12.6 Å². The van der Waals surface area contributed by atoms with Gasteiger partial charge in [-0.15, -0.1) is 11.3 Å². The molecular weight excluding hydrogens is 329 g/mol. The second-order valence-electron chi connectivity index (χ2n) is 4.99. The number of benzene rings is 1. The molecule has 0 saturated heterocycles. The topological polar surface area (TPSA) is 64.0 Å². The fraction of sp³-hybridized carbons (Fsp3) is 0.118. The van der Waals surface area contributed by atoms with Crippen LogP contribution in [0.25, 0.3) is 10.6 Å². The molecule has 7 heteroatoms. The van der Waals surface area contributed by atoms with Crippen LogP contribution in [0.4, 0.5) is 4.39 Å². The molecule has 0 unspecified atom stereocenters. The van der Waals surface area contributed by atoms with E-state index in [1.54, 1.807) is 12.1 Å². The van der Waals surface area contributed by atoms with E-state index < -0.39 is 11.7 Å². The third kappa shape index (κ3) is 3.57. The summed E-state index contributed by atoms with van der Waals surface area (Å²) in [6, 6.07) is 12.7. The highest BCUT2D eigenvalue weighted by molar-refractivity contribution is 7.13. The van der Waals surface area contributed by atoms with E-state index in [0.29, 0.717) is 5.69 Å². The van der Waals surface area contributed by atoms with Gasteiger partial charge in [-0.2, -0.15) is 5.10 Å². The van der Waals surface area contributed by atoms with Gasteiger partial charge in [0.1, 0.15) is 11.5 Å². The summed E-state index contributed by atoms with van der Waals surface area (Å²) in [5.41, 5.74) is 0.422. The van der Waals surface area contributed by atoms with E-state index >= 15 is 0 Å². The highest BCUT2D eigenvalue weighted by Gasteiger charge is 2.10. The second kappa shape index (κ2) is 7.18. The molecule has 0 bridgehead atoms. The van der Waals surface area contributed by atoms with Gasteiger partial charge < -0.3 is 5.32 Å². The number of halogens is 1. The van der Waals surface area contributed by atoms with Crippen molar-refractivity contribution in [2.24, 2.45) is 0 Å². The Balaban J connectivity index is 1.67. The highest BCUT2D eigenvalue weighted by Crippen LogP contribution is 2.20. The van der Waals surface area contributed by atoms with Crippen LogP contribution in [0.15, 0.2) is 58.7 Å². The SMILES string of the molecule is O=C(NCCn1nc(-c2cccs2)ccc1=O)c1ccccc1F. The Morgan fingerprint density at radius 2 is 2.00 bits per heavy atom. The van der Waals surface area contributed by atoms with E-state index in [2.05, 4.69) is 10.4 Å². The van der Waals surface area contributed by atoms with Crippen LogP contribution in [0.5, 0.6) is 0 Å². The number of carbonyl (C=O) groups excluding carboxylic acids is 1.